The molecule has 0 bridgehead atoms. The number of halogens is 2. The van der Waals surface area contributed by atoms with Crippen molar-refractivity contribution in [2.75, 3.05) is 5.73 Å². The van der Waals surface area contributed by atoms with E-state index in [-0.39, 0.29) is 17.3 Å². The van der Waals surface area contributed by atoms with Gasteiger partial charge in [-0.25, -0.2) is 8.78 Å². The van der Waals surface area contributed by atoms with Crippen LogP contribution in [0, 0.1) is 18.6 Å². The third kappa shape index (κ3) is 1.85. The normalized spacial score (nSPS) is 11.2. The Balaban J connectivity index is 2.74. The molecule has 18 heavy (non-hydrogen) atoms. The molecular formula is C13H15F2N3. The van der Waals surface area contributed by atoms with Crippen LogP contribution in [0.25, 0.3) is 11.3 Å². The number of anilines is 1. The number of hydrogen-bond acceptors (Lipinski definition) is 2. The SMILES string of the molecule is Cc1ccc(F)c(-c2[nH]nc(N)c2C(C)C)c1F. The van der Waals surface area contributed by atoms with Crippen molar-refractivity contribution in [1.82, 2.24) is 10.2 Å². The molecule has 0 aliphatic rings. The number of aromatic amines is 1. The summed E-state index contributed by atoms with van der Waals surface area (Å²) in [5.41, 5.74) is 6.98. The van der Waals surface area contributed by atoms with Crippen LogP contribution in [-0.2, 0) is 0 Å². The lowest BCUT2D eigenvalue weighted by Crippen LogP contribution is -1.99. The maximum Gasteiger partial charge on any atom is 0.149 e. The van der Waals surface area contributed by atoms with Crippen molar-refractivity contribution in [3.8, 4) is 11.3 Å². The molecule has 3 N–H and O–H groups in total. The van der Waals surface area contributed by atoms with E-state index in [1.165, 1.54) is 12.1 Å². The summed E-state index contributed by atoms with van der Waals surface area (Å²) in [5.74, 6) is -0.900. The molecular weight excluding hydrogens is 236 g/mol. The van der Waals surface area contributed by atoms with Crippen molar-refractivity contribution >= 4 is 5.82 Å². The number of nitrogens with two attached hydrogens (primary N) is 1. The molecule has 0 radical (unpaired) electrons. The summed E-state index contributed by atoms with van der Waals surface area (Å²) in [4.78, 5) is 0. The van der Waals surface area contributed by atoms with Gasteiger partial charge < -0.3 is 5.73 Å². The number of aryl methyl sites for hydroxylation is 1. The van der Waals surface area contributed by atoms with Crippen LogP contribution < -0.4 is 5.73 Å². The molecule has 0 aliphatic heterocycles. The van der Waals surface area contributed by atoms with E-state index in [1.807, 2.05) is 13.8 Å². The van der Waals surface area contributed by atoms with E-state index in [4.69, 9.17) is 5.73 Å². The smallest absolute Gasteiger partial charge is 0.149 e. The summed E-state index contributed by atoms with van der Waals surface area (Å²) in [6.07, 6.45) is 0. The second-order valence-electron chi connectivity index (χ2n) is 4.61. The first-order chi connectivity index (χ1) is 8.43. The fraction of sp³-hybridized carbons (Fsp3) is 0.308. The van der Waals surface area contributed by atoms with Crippen LogP contribution in [0.3, 0.4) is 0 Å². The lowest BCUT2D eigenvalue weighted by atomic mass is 9.97. The number of hydrogen-bond donors (Lipinski definition) is 2. The largest absolute Gasteiger partial charge is 0.382 e. The molecule has 2 rings (SSSR count). The Morgan fingerprint density at radius 2 is 1.94 bits per heavy atom. The van der Waals surface area contributed by atoms with Gasteiger partial charge >= 0.3 is 0 Å². The van der Waals surface area contributed by atoms with Crippen molar-refractivity contribution in [2.24, 2.45) is 0 Å². The first kappa shape index (κ1) is 12.5. The molecule has 5 heteroatoms. The Morgan fingerprint density at radius 3 is 2.56 bits per heavy atom. The summed E-state index contributed by atoms with van der Waals surface area (Å²) in [7, 11) is 0. The van der Waals surface area contributed by atoms with Crippen LogP contribution in [-0.4, -0.2) is 10.2 Å². The number of nitrogens with one attached hydrogen (secondary N) is 1. The van der Waals surface area contributed by atoms with E-state index in [0.29, 0.717) is 16.8 Å². The Hall–Kier alpha value is -1.91. The second kappa shape index (κ2) is 4.40. The molecule has 0 saturated heterocycles. The van der Waals surface area contributed by atoms with Gasteiger partial charge in [-0.05, 0) is 24.5 Å². The van der Waals surface area contributed by atoms with E-state index in [9.17, 15) is 8.78 Å². The van der Waals surface area contributed by atoms with Crippen LogP contribution in [0.1, 0.15) is 30.9 Å². The van der Waals surface area contributed by atoms with Crippen LogP contribution in [0.5, 0.6) is 0 Å². The first-order valence-electron chi connectivity index (χ1n) is 5.72. The van der Waals surface area contributed by atoms with Crippen molar-refractivity contribution in [3.05, 3.63) is 34.9 Å². The number of rotatable bonds is 2. The summed E-state index contributed by atoms with van der Waals surface area (Å²) in [6.45, 7) is 5.39. The molecule has 0 amide bonds. The van der Waals surface area contributed by atoms with Gasteiger partial charge in [-0.15, -0.1) is 0 Å². The van der Waals surface area contributed by atoms with Crippen molar-refractivity contribution < 1.29 is 8.78 Å². The molecule has 0 fully saturated rings. The van der Waals surface area contributed by atoms with E-state index >= 15 is 0 Å². The van der Waals surface area contributed by atoms with E-state index in [1.54, 1.807) is 6.92 Å². The quantitative estimate of drug-likeness (QED) is 0.859. The van der Waals surface area contributed by atoms with Crippen LogP contribution in [0.4, 0.5) is 14.6 Å². The fourth-order valence-corrected chi connectivity index (χ4v) is 2.03. The third-order valence-corrected chi connectivity index (χ3v) is 2.94. The predicted molar refractivity (Wildman–Crippen MR) is 67.2 cm³/mol. The number of nitrogens with zero attached hydrogens (tertiary/aromatic N) is 1. The third-order valence-electron chi connectivity index (χ3n) is 2.94. The maximum absolute atomic E-state index is 14.1. The van der Waals surface area contributed by atoms with Gasteiger partial charge in [0.05, 0.1) is 11.3 Å². The monoisotopic (exact) mass is 251 g/mol. The Kier molecular flexibility index (Phi) is 3.07. The summed E-state index contributed by atoms with van der Waals surface area (Å²) in [5, 5.41) is 6.47. The van der Waals surface area contributed by atoms with Gasteiger partial charge in [-0.3, -0.25) is 5.10 Å². The molecule has 1 aromatic carbocycles. The summed E-state index contributed by atoms with van der Waals surface area (Å²) in [6, 6.07) is 2.65. The first-order valence-corrected chi connectivity index (χ1v) is 5.72. The molecule has 0 spiro atoms. The Bertz CT molecular complexity index is 588. The highest BCUT2D eigenvalue weighted by Gasteiger charge is 2.22. The summed E-state index contributed by atoms with van der Waals surface area (Å²) < 4.78 is 27.9. The van der Waals surface area contributed by atoms with Gasteiger partial charge in [0, 0.05) is 5.56 Å². The minimum Gasteiger partial charge on any atom is -0.382 e. The van der Waals surface area contributed by atoms with E-state index in [0.717, 1.165) is 0 Å². The maximum atomic E-state index is 14.1. The molecule has 3 nitrogen and oxygen atoms in total. The number of nitrogen functional groups attached to an aromatic ring is 1. The zero-order chi connectivity index (χ0) is 13.4. The zero-order valence-corrected chi connectivity index (χ0v) is 10.5. The van der Waals surface area contributed by atoms with Crippen LogP contribution in [0.2, 0.25) is 0 Å². The van der Waals surface area contributed by atoms with Gasteiger partial charge in [0.2, 0.25) is 0 Å². The second-order valence-corrected chi connectivity index (χ2v) is 4.61. The van der Waals surface area contributed by atoms with Crippen molar-refractivity contribution in [2.45, 2.75) is 26.7 Å². The fourth-order valence-electron chi connectivity index (χ4n) is 2.03. The van der Waals surface area contributed by atoms with Gasteiger partial charge in [0.15, 0.2) is 0 Å². The van der Waals surface area contributed by atoms with Crippen molar-refractivity contribution in [1.29, 1.82) is 0 Å². The number of aromatic nitrogens is 2. The highest BCUT2D eigenvalue weighted by Crippen LogP contribution is 2.35. The highest BCUT2D eigenvalue weighted by molar-refractivity contribution is 5.70. The van der Waals surface area contributed by atoms with E-state index in [2.05, 4.69) is 10.2 Å². The zero-order valence-electron chi connectivity index (χ0n) is 10.5. The average Bonchev–Trinajstić information content (AvgIpc) is 2.66. The molecule has 1 aromatic heterocycles. The predicted octanol–water partition coefficient (Wildman–Crippen LogP) is 3.37. The van der Waals surface area contributed by atoms with Gasteiger partial charge in [0.25, 0.3) is 0 Å². The lowest BCUT2D eigenvalue weighted by Gasteiger charge is -2.10. The number of H-pyrrole nitrogens is 1. The van der Waals surface area contributed by atoms with Gasteiger partial charge in [-0.2, -0.15) is 5.10 Å². The standard InChI is InChI=1S/C13H15F2N3/c1-6(2)9-12(17-18-13(9)16)10-8(14)5-4-7(3)11(10)15/h4-6H,1-3H3,(H3,16,17,18). The Labute approximate surface area is 104 Å². The van der Waals surface area contributed by atoms with Crippen LogP contribution >= 0.6 is 0 Å². The molecule has 0 aliphatic carbocycles. The highest BCUT2D eigenvalue weighted by atomic mass is 19.1. The topological polar surface area (TPSA) is 54.7 Å². The molecule has 2 aromatic rings. The molecule has 0 saturated carbocycles. The van der Waals surface area contributed by atoms with Gasteiger partial charge in [0.1, 0.15) is 17.5 Å². The molecule has 96 valence electrons. The molecule has 0 atom stereocenters. The minimum absolute atomic E-state index is 0.0260. The minimum atomic E-state index is -0.622. The Morgan fingerprint density at radius 1 is 1.28 bits per heavy atom. The lowest BCUT2D eigenvalue weighted by molar-refractivity contribution is 0.582. The summed E-state index contributed by atoms with van der Waals surface area (Å²) >= 11 is 0. The van der Waals surface area contributed by atoms with Crippen LogP contribution in [0.15, 0.2) is 12.1 Å². The van der Waals surface area contributed by atoms with Crippen molar-refractivity contribution in [3.63, 3.8) is 0 Å². The van der Waals surface area contributed by atoms with Gasteiger partial charge in [-0.1, -0.05) is 19.9 Å². The average molecular weight is 251 g/mol. The number of benzene rings is 1. The molecule has 1 heterocycles. The van der Waals surface area contributed by atoms with E-state index < -0.39 is 11.6 Å². The molecule has 0 unspecified atom stereocenters.